The summed E-state index contributed by atoms with van der Waals surface area (Å²) in [6.45, 7) is 0. The van der Waals surface area contributed by atoms with Crippen molar-refractivity contribution in [2.24, 2.45) is 0 Å². The van der Waals surface area contributed by atoms with Crippen LogP contribution in [0.2, 0.25) is 0 Å². The predicted octanol–water partition coefficient (Wildman–Crippen LogP) is 5.23. The van der Waals surface area contributed by atoms with Gasteiger partial charge in [0.25, 0.3) is 0 Å². The molecule has 1 aliphatic rings. The minimum atomic E-state index is -1.01. The SMILES string of the molecule is COc1cccc(N2C(=S)N[C@H](c3ccccn3)[C@@H]2c2ccc(-c3ccccc3C(=O)O)o2)c1. The van der Waals surface area contributed by atoms with Gasteiger partial charge in [0.2, 0.25) is 0 Å². The van der Waals surface area contributed by atoms with Crippen molar-refractivity contribution >= 4 is 29.0 Å². The average molecular weight is 472 g/mol. The largest absolute Gasteiger partial charge is 0.497 e. The molecule has 0 radical (unpaired) electrons. The molecule has 2 atom stereocenters. The maximum atomic E-state index is 11.7. The van der Waals surface area contributed by atoms with Crippen molar-refractivity contribution in [1.82, 2.24) is 10.3 Å². The van der Waals surface area contributed by atoms with Crippen LogP contribution >= 0.6 is 12.2 Å². The van der Waals surface area contributed by atoms with E-state index >= 15 is 0 Å². The molecule has 34 heavy (non-hydrogen) atoms. The molecule has 0 aliphatic carbocycles. The van der Waals surface area contributed by atoms with Gasteiger partial charge in [-0.05, 0) is 54.7 Å². The second kappa shape index (κ2) is 8.99. The number of carboxylic acids is 1. The molecule has 1 saturated heterocycles. The van der Waals surface area contributed by atoms with E-state index in [1.165, 1.54) is 0 Å². The van der Waals surface area contributed by atoms with Gasteiger partial charge in [-0.1, -0.05) is 30.3 Å². The van der Waals surface area contributed by atoms with Crippen LogP contribution in [0.15, 0.2) is 89.5 Å². The Hall–Kier alpha value is -4.17. The van der Waals surface area contributed by atoms with E-state index in [9.17, 15) is 9.90 Å². The number of hydrogen-bond acceptors (Lipinski definition) is 5. The molecule has 170 valence electrons. The van der Waals surface area contributed by atoms with Crippen LogP contribution in [-0.2, 0) is 0 Å². The zero-order valence-corrected chi connectivity index (χ0v) is 19.0. The van der Waals surface area contributed by atoms with Crippen LogP contribution in [0.1, 0.15) is 33.9 Å². The summed E-state index contributed by atoms with van der Waals surface area (Å²) in [6, 6.07) is 23.1. The van der Waals surface area contributed by atoms with E-state index in [1.54, 1.807) is 43.6 Å². The quantitative estimate of drug-likeness (QED) is 0.370. The highest BCUT2D eigenvalue weighted by Crippen LogP contribution is 2.43. The number of aromatic carboxylic acids is 1. The molecule has 0 spiro atoms. The molecule has 0 bridgehead atoms. The number of furan rings is 1. The third-order valence-corrected chi connectivity index (χ3v) is 6.09. The number of aromatic nitrogens is 1. The molecule has 0 amide bonds. The second-order valence-corrected chi connectivity index (χ2v) is 8.14. The van der Waals surface area contributed by atoms with E-state index in [0.717, 1.165) is 11.4 Å². The average Bonchev–Trinajstić information content (AvgIpc) is 3.49. The predicted molar refractivity (Wildman–Crippen MR) is 132 cm³/mol. The summed E-state index contributed by atoms with van der Waals surface area (Å²) in [4.78, 5) is 18.3. The van der Waals surface area contributed by atoms with Crippen LogP contribution in [0, 0.1) is 0 Å². The molecular weight excluding hydrogens is 450 g/mol. The van der Waals surface area contributed by atoms with Gasteiger partial charge in [-0.25, -0.2) is 4.79 Å². The molecule has 2 aromatic carbocycles. The number of carbonyl (C=O) groups is 1. The Bertz CT molecular complexity index is 1350. The number of benzene rings is 2. The van der Waals surface area contributed by atoms with Gasteiger partial charge < -0.3 is 24.5 Å². The van der Waals surface area contributed by atoms with Gasteiger partial charge in [0.15, 0.2) is 5.11 Å². The summed E-state index contributed by atoms with van der Waals surface area (Å²) in [5, 5.41) is 13.5. The van der Waals surface area contributed by atoms with Crippen molar-refractivity contribution in [1.29, 1.82) is 0 Å². The van der Waals surface area contributed by atoms with Gasteiger partial charge in [-0.3, -0.25) is 4.98 Å². The second-order valence-electron chi connectivity index (χ2n) is 7.75. The maximum absolute atomic E-state index is 11.7. The normalized spacial score (nSPS) is 17.4. The minimum absolute atomic E-state index is 0.175. The molecule has 2 aromatic heterocycles. The fraction of sp³-hybridized carbons (Fsp3) is 0.115. The van der Waals surface area contributed by atoms with E-state index in [4.69, 9.17) is 21.4 Å². The number of hydrogen-bond donors (Lipinski definition) is 2. The van der Waals surface area contributed by atoms with Gasteiger partial charge in [0.05, 0.1) is 24.4 Å². The van der Waals surface area contributed by atoms with Crippen LogP contribution in [0.25, 0.3) is 11.3 Å². The van der Waals surface area contributed by atoms with Crippen molar-refractivity contribution < 1.29 is 19.1 Å². The molecular formula is C26H21N3O4S. The number of ether oxygens (including phenoxy) is 1. The van der Waals surface area contributed by atoms with Crippen LogP contribution in [0.4, 0.5) is 5.69 Å². The Morgan fingerprint density at radius 1 is 1.09 bits per heavy atom. The summed E-state index contributed by atoms with van der Waals surface area (Å²) in [6.07, 6.45) is 1.74. The van der Waals surface area contributed by atoms with Crippen LogP contribution < -0.4 is 15.0 Å². The highest BCUT2D eigenvalue weighted by Gasteiger charge is 2.42. The molecule has 1 fully saturated rings. The third-order valence-electron chi connectivity index (χ3n) is 5.77. The van der Waals surface area contributed by atoms with E-state index in [1.807, 2.05) is 53.4 Å². The lowest BCUT2D eigenvalue weighted by atomic mass is 10.0. The fourth-order valence-corrected chi connectivity index (χ4v) is 4.57. The van der Waals surface area contributed by atoms with Crippen molar-refractivity contribution in [3.05, 3.63) is 102 Å². The Morgan fingerprint density at radius 2 is 1.91 bits per heavy atom. The molecule has 0 unspecified atom stereocenters. The summed E-state index contributed by atoms with van der Waals surface area (Å²) in [5.41, 5.74) is 2.33. The van der Waals surface area contributed by atoms with Crippen molar-refractivity contribution in [3.63, 3.8) is 0 Å². The number of thiocarbonyl (C=S) groups is 1. The minimum Gasteiger partial charge on any atom is -0.497 e. The maximum Gasteiger partial charge on any atom is 0.336 e. The van der Waals surface area contributed by atoms with Crippen molar-refractivity contribution in [3.8, 4) is 17.1 Å². The number of nitrogens with zero attached hydrogens (tertiary/aromatic N) is 2. The first-order valence-electron chi connectivity index (χ1n) is 10.6. The number of methoxy groups -OCH3 is 1. The van der Waals surface area contributed by atoms with E-state index < -0.39 is 5.97 Å². The zero-order valence-electron chi connectivity index (χ0n) is 18.2. The first-order valence-corrected chi connectivity index (χ1v) is 11.0. The first-order chi connectivity index (χ1) is 16.6. The van der Waals surface area contributed by atoms with Crippen LogP contribution in [-0.4, -0.2) is 28.3 Å². The summed E-state index contributed by atoms with van der Waals surface area (Å²) >= 11 is 5.74. The summed E-state index contributed by atoms with van der Waals surface area (Å²) < 4.78 is 11.7. The van der Waals surface area contributed by atoms with Gasteiger partial charge in [0, 0.05) is 23.5 Å². The smallest absolute Gasteiger partial charge is 0.336 e. The van der Waals surface area contributed by atoms with Crippen LogP contribution in [0.3, 0.4) is 0 Å². The number of rotatable bonds is 6. The van der Waals surface area contributed by atoms with E-state index in [0.29, 0.717) is 27.9 Å². The Balaban J connectivity index is 1.62. The molecule has 3 heterocycles. The lowest BCUT2D eigenvalue weighted by Gasteiger charge is -2.26. The Labute approximate surface area is 201 Å². The van der Waals surface area contributed by atoms with Gasteiger partial charge in [-0.15, -0.1) is 0 Å². The number of nitrogens with one attached hydrogen (secondary N) is 1. The molecule has 0 saturated carbocycles. The van der Waals surface area contributed by atoms with E-state index in [-0.39, 0.29) is 17.6 Å². The molecule has 2 N–H and O–H groups in total. The van der Waals surface area contributed by atoms with Crippen molar-refractivity contribution in [2.45, 2.75) is 12.1 Å². The lowest BCUT2D eigenvalue weighted by molar-refractivity contribution is 0.0697. The fourth-order valence-electron chi connectivity index (χ4n) is 4.22. The van der Waals surface area contributed by atoms with Gasteiger partial charge in [-0.2, -0.15) is 0 Å². The summed E-state index contributed by atoms with van der Waals surface area (Å²) in [7, 11) is 1.62. The number of anilines is 1. The van der Waals surface area contributed by atoms with Crippen LogP contribution in [0.5, 0.6) is 5.75 Å². The van der Waals surface area contributed by atoms with E-state index in [2.05, 4.69) is 10.3 Å². The van der Waals surface area contributed by atoms with Crippen molar-refractivity contribution in [2.75, 3.05) is 12.0 Å². The molecule has 8 heteroatoms. The highest BCUT2D eigenvalue weighted by molar-refractivity contribution is 7.80. The molecule has 5 rings (SSSR count). The number of carboxylic acid groups (broad SMARTS) is 1. The lowest BCUT2D eigenvalue weighted by Crippen LogP contribution is -2.29. The number of pyridine rings is 1. The van der Waals surface area contributed by atoms with Gasteiger partial charge >= 0.3 is 5.97 Å². The Morgan fingerprint density at radius 3 is 2.68 bits per heavy atom. The summed E-state index contributed by atoms with van der Waals surface area (Å²) in [5.74, 6) is 0.787. The standard InChI is InChI=1S/C26H21N3O4S/c1-32-17-8-6-7-16(15-17)29-24(23(28-26(29)34)20-11-4-5-14-27-20)22-13-12-21(33-22)18-9-2-3-10-19(18)25(30)31/h2-15,23-24H,1H3,(H,28,34)(H,30,31)/t23-,24+/m1/s1. The molecule has 1 aliphatic heterocycles. The zero-order chi connectivity index (χ0) is 23.7. The molecule has 7 nitrogen and oxygen atoms in total. The topological polar surface area (TPSA) is 87.8 Å². The van der Waals surface area contributed by atoms with Gasteiger partial charge in [0.1, 0.15) is 23.3 Å². The third kappa shape index (κ3) is 3.88. The highest BCUT2D eigenvalue weighted by atomic mass is 32.1. The first kappa shape index (κ1) is 21.7. The molecule has 4 aromatic rings. The monoisotopic (exact) mass is 471 g/mol. The Kier molecular flexibility index (Phi) is 5.73.